The summed E-state index contributed by atoms with van der Waals surface area (Å²) in [6.45, 7) is 0. The summed E-state index contributed by atoms with van der Waals surface area (Å²) < 4.78 is 2.06. The largest absolute Gasteiger partial charge is 0.393 e. The van der Waals surface area contributed by atoms with Crippen LogP contribution < -0.4 is 4.90 Å². The number of aromatic nitrogens is 3. The van der Waals surface area contributed by atoms with Crippen molar-refractivity contribution in [3.05, 3.63) is 18.6 Å². The molecule has 2 aromatic heterocycles. The summed E-state index contributed by atoms with van der Waals surface area (Å²) in [6.07, 6.45) is 7.95. The minimum Gasteiger partial charge on any atom is -0.393 e. The predicted molar refractivity (Wildman–Crippen MR) is 93.6 cm³/mol. The van der Waals surface area contributed by atoms with Gasteiger partial charge in [-0.3, -0.25) is 3.97 Å². The average molecular weight is 416 g/mol. The molecule has 1 spiro atoms. The van der Waals surface area contributed by atoms with Crippen LogP contribution in [0.4, 0.5) is 5.82 Å². The molecule has 0 amide bonds. The topological polar surface area (TPSA) is 54.2 Å². The molecule has 0 atom stereocenters. The lowest BCUT2D eigenvalue weighted by molar-refractivity contribution is -0.0910. The van der Waals surface area contributed by atoms with E-state index < -0.39 is 0 Å². The van der Waals surface area contributed by atoms with Gasteiger partial charge in [-0.15, -0.1) is 0 Å². The Balaban J connectivity index is 1.58. The van der Waals surface area contributed by atoms with Crippen molar-refractivity contribution >= 4 is 47.2 Å². The van der Waals surface area contributed by atoms with Crippen LogP contribution in [0, 0.1) is 5.41 Å². The zero-order valence-electron chi connectivity index (χ0n) is 11.7. The first-order chi connectivity index (χ1) is 10.1. The first kappa shape index (κ1) is 14.1. The normalized spacial score (nSPS) is 31.2. The number of rotatable bonds is 3. The predicted octanol–water partition coefficient (Wildman–Crippen LogP) is 3.02. The van der Waals surface area contributed by atoms with E-state index in [-0.39, 0.29) is 6.10 Å². The van der Waals surface area contributed by atoms with E-state index in [2.05, 4.69) is 53.2 Å². The number of halogens is 1. The van der Waals surface area contributed by atoms with E-state index in [1.807, 2.05) is 6.20 Å². The first-order valence-electron chi connectivity index (χ1n) is 7.14. The molecule has 112 valence electrons. The lowest BCUT2D eigenvalue weighted by Crippen LogP contribution is -2.57. The van der Waals surface area contributed by atoms with Crippen LogP contribution in [0.25, 0.3) is 11.0 Å². The number of hydrogen-bond acceptors (Lipinski definition) is 5. The van der Waals surface area contributed by atoms with Gasteiger partial charge >= 0.3 is 0 Å². The lowest BCUT2D eigenvalue weighted by Gasteiger charge is -2.58. The molecule has 7 heteroatoms. The fourth-order valence-corrected chi connectivity index (χ4v) is 5.18. The number of aliphatic hydroxyl groups excluding tert-OH is 1. The molecule has 0 unspecified atom stereocenters. The Morgan fingerprint density at radius 3 is 2.81 bits per heavy atom. The molecule has 0 saturated heterocycles. The first-order valence-corrected chi connectivity index (χ1v) is 10.5. The van der Waals surface area contributed by atoms with Crippen LogP contribution in [0.2, 0.25) is 0 Å². The minimum atomic E-state index is -0.0586. The van der Waals surface area contributed by atoms with E-state index in [4.69, 9.17) is 0 Å². The Hall–Kier alpha value is -0.540. The van der Waals surface area contributed by atoms with Gasteiger partial charge in [0.25, 0.3) is 0 Å². The van der Waals surface area contributed by atoms with Crippen molar-refractivity contribution < 1.29 is 5.11 Å². The van der Waals surface area contributed by atoms with Crippen LogP contribution in [-0.2, 0) is 0 Å². The quantitative estimate of drug-likeness (QED) is 0.780. The van der Waals surface area contributed by atoms with Gasteiger partial charge in [0.05, 0.1) is 11.5 Å². The van der Waals surface area contributed by atoms with Crippen molar-refractivity contribution in [2.75, 3.05) is 11.9 Å². The molecule has 0 radical (unpaired) electrons. The van der Waals surface area contributed by atoms with E-state index in [1.54, 1.807) is 15.4 Å². The van der Waals surface area contributed by atoms with Crippen molar-refractivity contribution in [3.63, 3.8) is 0 Å². The van der Waals surface area contributed by atoms with E-state index in [0.29, 0.717) is 11.5 Å². The van der Waals surface area contributed by atoms with Gasteiger partial charge in [-0.1, -0.05) is 0 Å². The van der Waals surface area contributed by atoms with Crippen molar-refractivity contribution in [2.24, 2.45) is 5.41 Å². The molecule has 2 saturated carbocycles. The summed E-state index contributed by atoms with van der Waals surface area (Å²) in [7, 11) is 3.74. The Morgan fingerprint density at radius 1 is 1.38 bits per heavy atom. The fraction of sp³-hybridized carbons (Fsp3) is 0.571. The zero-order valence-corrected chi connectivity index (χ0v) is 14.7. The molecule has 0 bridgehead atoms. The maximum atomic E-state index is 9.52. The molecule has 2 aliphatic rings. The van der Waals surface area contributed by atoms with E-state index >= 15 is 0 Å². The highest BCUT2D eigenvalue weighted by molar-refractivity contribution is 14.2. The maximum absolute atomic E-state index is 9.52. The Labute approximate surface area is 139 Å². The number of aliphatic hydroxyl groups is 1. The highest BCUT2D eigenvalue weighted by Gasteiger charge is 2.53. The second-order valence-electron chi connectivity index (χ2n) is 6.38. The van der Waals surface area contributed by atoms with Crippen molar-refractivity contribution in [1.29, 1.82) is 0 Å². The van der Waals surface area contributed by atoms with Gasteiger partial charge in [0.2, 0.25) is 0 Å². The smallest absolute Gasteiger partial charge is 0.156 e. The van der Waals surface area contributed by atoms with Gasteiger partial charge in [-0.2, -0.15) is 0 Å². The van der Waals surface area contributed by atoms with Crippen LogP contribution in [-0.4, -0.2) is 38.2 Å². The van der Waals surface area contributed by atoms with Crippen molar-refractivity contribution in [2.45, 2.75) is 37.8 Å². The van der Waals surface area contributed by atoms with Gasteiger partial charge in [-0.05, 0) is 37.2 Å². The molecule has 1 N–H and O–H groups in total. The summed E-state index contributed by atoms with van der Waals surface area (Å²) >= 11 is 2.26. The maximum Gasteiger partial charge on any atom is 0.156 e. The molecule has 0 aliphatic heterocycles. The Morgan fingerprint density at radius 2 is 2.14 bits per heavy atom. The van der Waals surface area contributed by atoms with E-state index in [0.717, 1.165) is 29.7 Å². The Kier molecular flexibility index (Phi) is 3.34. The summed E-state index contributed by atoms with van der Waals surface area (Å²) in [5, 5.41) is 10.6. The second kappa shape index (κ2) is 4.99. The summed E-state index contributed by atoms with van der Waals surface area (Å²) in [4.78, 5) is 11.2. The van der Waals surface area contributed by atoms with Gasteiger partial charge in [0.1, 0.15) is 12.1 Å². The molecule has 0 aromatic carbocycles. The molecule has 5 nitrogen and oxygen atoms in total. The monoisotopic (exact) mass is 416 g/mol. The van der Waals surface area contributed by atoms with Gasteiger partial charge < -0.3 is 10.0 Å². The number of anilines is 1. The molecule has 21 heavy (non-hydrogen) atoms. The van der Waals surface area contributed by atoms with E-state index in [9.17, 15) is 5.11 Å². The van der Waals surface area contributed by atoms with Crippen molar-refractivity contribution in [1.82, 2.24) is 13.9 Å². The summed E-state index contributed by atoms with van der Waals surface area (Å²) in [5.41, 5.74) is 1.40. The number of nitrogens with zero attached hydrogens (tertiary/aromatic N) is 4. The standard InChI is InChI=1S/C14H17IN4OS/c1-18(9-4-14(5-9)6-10(20)7-14)12-11-2-3-19(21-15)13(11)17-8-16-12/h2-3,8-10,20H,4-7H2,1H3. The average Bonchev–Trinajstić information content (AvgIpc) is 2.83. The SMILES string of the molecule is CN(c1ncnc2c1ccn2SI)C1CC2(CC(O)C2)C1. The van der Waals surface area contributed by atoms with Gasteiger partial charge in [-0.25, -0.2) is 9.97 Å². The van der Waals surface area contributed by atoms with Crippen molar-refractivity contribution in [3.8, 4) is 0 Å². The molecule has 2 aromatic rings. The third-order valence-corrected chi connectivity index (χ3v) is 6.77. The highest BCUT2D eigenvalue weighted by atomic mass is 127. The molecule has 2 aliphatic carbocycles. The van der Waals surface area contributed by atoms with Crippen LogP contribution in [0.3, 0.4) is 0 Å². The lowest BCUT2D eigenvalue weighted by atomic mass is 9.52. The van der Waals surface area contributed by atoms with Gasteiger partial charge in [0, 0.05) is 49.6 Å². The second-order valence-corrected chi connectivity index (χ2v) is 8.09. The molecule has 4 rings (SSSR count). The van der Waals surface area contributed by atoms with E-state index in [1.165, 1.54) is 12.8 Å². The van der Waals surface area contributed by atoms with Crippen LogP contribution in [0.1, 0.15) is 25.7 Å². The van der Waals surface area contributed by atoms with Crippen LogP contribution in [0.5, 0.6) is 0 Å². The molecule has 2 heterocycles. The summed E-state index contributed by atoms with van der Waals surface area (Å²) in [6, 6.07) is 2.63. The molecular weight excluding hydrogens is 399 g/mol. The van der Waals surface area contributed by atoms with Gasteiger partial charge in [0.15, 0.2) is 5.65 Å². The zero-order chi connectivity index (χ0) is 14.6. The minimum absolute atomic E-state index is 0.0586. The third kappa shape index (κ3) is 2.16. The number of fused-ring (bicyclic) bond motifs is 1. The van der Waals surface area contributed by atoms with Crippen LogP contribution in [0.15, 0.2) is 18.6 Å². The molecular formula is C14H17IN4OS. The third-order valence-electron chi connectivity index (χ3n) is 5.06. The highest BCUT2D eigenvalue weighted by Crippen LogP contribution is 2.57. The summed E-state index contributed by atoms with van der Waals surface area (Å²) in [5.74, 6) is 1.02. The Bertz CT molecular complexity index is 677. The molecule has 2 fully saturated rings. The van der Waals surface area contributed by atoms with Crippen LogP contribution >= 0.6 is 30.3 Å². The fourth-order valence-electron chi connectivity index (χ4n) is 3.91. The number of hydrogen-bond donors (Lipinski definition) is 1.